The average molecular weight is 236 g/mol. The fourth-order valence-electron chi connectivity index (χ4n) is 1.49. The van der Waals surface area contributed by atoms with Gasteiger partial charge < -0.3 is 10.2 Å². The van der Waals surface area contributed by atoms with E-state index in [1.54, 1.807) is 0 Å². The molecule has 96 valence electrons. The molecule has 0 saturated carbocycles. The lowest BCUT2D eigenvalue weighted by molar-refractivity contribution is 0.466. The Morgan fingerprint density at radius 2 is 1.94 bits per heavy atom. The summed E-state index contributed by atoms with van der Waals surface area (Å²) in [6.07, 6.45) is 1.92. The van der Waals surface area contributed by atoms with Crippen molar-refractivity contribution < 1.29 is 0 Å². The number of nitrogens with one attached hydrogen (secondary N) is 1. The molecule has 0 radical (unpaired) electrons. The maximum Gasteiger partial charge on any atom is 0.134 e. The quantitative estimate of drug-likeness (QED) is 0.853. The molecule has 0 saturated heterocycles. The molecular formula is C13H24N4. The summed E-state index contributed by atoms with van der Waals surface area (Å²) in [6, 6.07) is 2.00. The molecule has 0 aliphatic carbocycles. The first-order valence-electron chi connectivity index (χ1n) is 6.24. The Kier molecular flexibility index (Phi) is 4.32. The smallest absolute Gasteiger partial charge is 0.134 e. The second-order valence-corrected chi connectivity index (χ2v) is 4.86. The molecule has 0 amide bonds. The number of rotatable bonds is 5. The molecule has 1 aromatic heterocycles. The highest BCUT2D eigenvalue weighted by atomic mass is 15.2. The van der Waals surface area contributed by atoms with Gasteiger partial charge in [0.1, 0.15) is 17.5 Å². The molecule has 1 N–H and O–H groups in total. The van der Waals surface area contributed by atoms with Gasteiger partial charge >= 0.3 is 0 Å². The molecule has 4 heteroatoms. The minimum atomic E-state index is 0.102. The summed E-state index contributed by atoms with van der Waals surface area (Å²) in [5.41, 5.74) is 0.102. The van der Waals surface area contributed by atoms with Crippen molar-refractivity contribution in [2.45, 2.75) is 46.1 Å². The Hall–Kier alpha value is -1.32. The molecule has 0 aliphatic heterocycles. The summed E-state index contributed by atoms with van der Waals surface area (Å²) in [4.78, 5) is 11.2. The zero-order valence-electron chi connectivity index (χ0n) is 11.8. The van der Waals surface area contributed by atoms with E-state index >= 15 is 0 Å². The van der Waals surface area contributed by atoms with E-state index in [0.717, 1.165) is 30.3 Å². The van der Waals surface area contributed by atoms with Crippen LogP contribution >= 0.6 is 0 Å². The largest absolute Gasteiger partial charge is 0.373 e. The van der Waals surface area contributed by atoms with E-state index in [1.807, 2.05) is 13.1 Å². The minimum absolute atomic E-state index is 0.102. The predicted molar refractivity (Wildman–Crippen MR) is 73.7 cm³/mol. The van der Waals surface area contributed by atoms with Gasteiger partial charge in [-0.05, 0) is 20.3 Å². The first-order chi connectivity index (χ1) is 7.94. The van der Waals surface area contributed by atoms with Crippen LogP contribution in [-0.4, -0.2) is 29.6 Å². The number of aromatic nitrogens is 2. The van der Waals surface area contributed by atoms with Crippen LogP contribution in [0, 0.1) is 0 Å². The Labute approximate surface area is 104 Å². The van der Waals surface area contributed by atoms with Crippen LogP contribution in [-0.2, 0) is 6.42 Å². The van der Waals surface area contributed by atoms with E-state index in [0.29, 0.717) is 0 Å². The lowest BCUT2D eigenvalue weighted by Gasteiger charge is -2.36. The molecule has 0 spiro atoms. The third kappa shape index (κ3) is 3.08. The van der Waals surface area contributed by atoms with Crippen molar-refractivity contribution >= 4 is 11.6 Å². The summed E-state index contributed by atoms with van der Waals surface area (Å²) < 4.78 is 0. The normalized spacial score (nSPS) is 11.4. The van der Waals surface area contributed by atoms with Crippen LogP contribution < -0.4 is 10.2 Å². The lowest BCUT2D eigenvalue weighted by atomic mass is 10.00. The molecule has 1 heterocycles. The Bertz CT molecular complexity index is 351. The van der Waals surface area contributed by atoms with Crippen LogP contribution in [0.4, 0.5) is 11.6 Å². The van der Waals surface area contributed by atoms with E-state index in [-0.39, 0.29) is 5.54 Å². The SMILES string of the molecule is CCc1nc(NC)cc(N(C)C(C)(C)CC)n1. The second-order valence-electron chi connectivity index (χ2n) is 4.86. The van der Waals surface area contributed by atoms with Gasteiger partial charge in [-0.25, -0.2) is 9.97 Å². The Morgan fingerprint density at radius 3 is 2.41 bits per heavy atom. The van der Waals surface area contributed by atoms with Crippen LogP contribution in [0.3, 0.4) is 0 Å². The Balaban J connectivity index is 3.12. The number of hydrogen-bond acceptors (Lipinski definition) is 4. The van der Waals surface area contributed by atoms with E-state index in [4.69, 9.17) is 0 Å². The molecule has 0 atom stereocenters. The standard InChI is InChI=1S/C13H24N4/c1-7-10-15-11(14-5)9-12(16-10)17(6)13(3,4)8-2/h9H,7-8H2,1-6H3,(H,14,15,16). The summed E-state index contributed by atoms with van der Waals surface area (Å²) in [6.45, 7) is 8.71. The minimum Gasteiger partial charge on any atom is -0.373 e. The van der Waals surface area contributed by atoms with Gasteiger partial charge in [0.2, 0.25) is 0 Å². The van der Waals surface area contributed by atoms with Crippen LogP contribution in [0.25, 0.3) is 0 Å². The van der Waals surface area contributed by atoms with Gasteiger partial charge in [-0.2, -0.15) is 0 Å². The van der Waals surface area contributed by atoms with Crippen molar-refractivity contribution in [1.29, 1.82) is 0 Å². The molecule has 1 rings (SSSR count). The van der Waals surface area contributed by atoms with Crippen LogP contribution in [0.15, 0.2) is 6.07 Å². The fourth-order valence-corrected chi connectivity index (χ4v) is 1.49. The van der Waals surface area contributed by atoms with Gasteiger partial charge in [-0.15, -0.1) is 0 Å². The Morgan fingerprint density at radius 1 is 1.29 bits per heavy atom. The van der Waals surface area contributed by atoms with Gasteiger partial charge in [0.05, 0.1) is 0 Å². The van der Waals surface area contributed by atoms with Crippen LogP contribution in [0.2, 0.25) is 0 Å². The second kappa shape index (κ2) is 5.34. The van der Waals surface area contributed by atoms with Gasteiger partial charge in [-0.3, -0.25) is 0 Å². The van der Waals surface area contributed by atoms with Crippen molar-refractivity contribution in [2.24, 2.45) is 0 Å². The molecule has 17 heavy (non-hydrogen) atoms. The van der Waals surface area contributed by atoms with Crippen LogP contribution in [0.1, 0.15) is 39.9 Å². The third-order valence-electron chi connectivity index (χ3n) is 3.45. The van der Waals surface area contributed by atoms with E-state index in [1.165, 1.54) is 0 Å². The molecule has 1 aromatic rings. The predicted octanol–water partition coefficient (Wildman–Crippen LogP) is 2.71. The number of anilines is 2. The summed E-state index contributed by atoms with van der Waals surface area (Å²) in [5.74, 6) is 2.74. The van der Waals surface area contributed by atoms with Crippen molar-refractivity contribution in [3.63, 3.8) is 0 Å². The fraction of sp³-hybridized carbons (Fsp3) is 0.692. The maximum absolute atomic E-state index is 4.59. The number of hydrogen-bond donors (Lipinski definition) is 1. The lowest BCUT2D eigenvalue weighted by Crippen LogP contribution is -2.41. The number of nitrogens with zero attached hydrogens (tertiary/aromatic N) is 3. The van der Waals surface area contributed by atoms with Gasteiger partial charge in [0.25, 0.3) is 0 Å². The van der Waals surface area contributed by atoms with Crippen molar-refractivity contribution in [3.8, 4) is 0 Å². The summed E-state index contributed by atoms with van der Waals surface area (Å²) in [5, 5.41) is 3.09. The first kappa shape index (κ1) is 13.7. The highest BCUT2D eigenvalue weighted by molar-refractivity contribution is 5.50. The topological polar surface area (TPSA) is 41.1 Å². The highest BCUT2D eigenvalue weighted by Crippen LogP contribution is 2.24. The molecule has 0 aromatic carbocycles. The van der Waals surface area contributed by atoms with Gasteiger partial charge in [-0.1, -0.05) is 13.8 Å². The molecule has 0 bridgehead atoms. The maximum atomic E-state index is 4.59. The molecule has 0 fully saturated rings. The van der Waals surface area contributed by atoms with E-state index < -0.39 is 0 Å². The number of aryl methyl sites for hydroxylation is 1. The van der Waals surface area contributed by atoms with Crippen molar-refractivity contribution in [1.82, 2.24) is 9.97 Å². The van der Waals surface area contributed by atoms with Crippen molar-refractivity contribution in [2.75, 3.05) is 24.3 Å². The molecule has 4 nitrogen and oxygen atoms in total. The van der Waals surface area contributed by atoms with Crippen LogP contribution in [0.5, 0.6) is 0 Å². The average Bonchev–Trinajstić information content (AvgIpc) is 2.36. The van der Waals surface area contributed by atoms with Crippen molar-refractivity contribution in [3.05, 3.63) is 11.9 Å². The third-order valence-corrected chi connectivity index (χ3v) is 3.45. The molecular weight excluding hydrogens is 212 g/mol. The van der Waals surface area contributed by atoms with Gasteiger partial charge in [0.15, 0.2) is 0 Å². The molecule has 0 aliphatic rings. The first-order valence-corrected chi connectivity index (χ1v) is 6.24. The van der Waals surface area contributed by atoms with E-state index in [9.17, 15) is 0 Å². The summed E-state index contributed by atoms with van der Waals surface area (Å²) >= 11 is 0. The highest BCUT2D eigenvalue weighted by Gasteiger charge is 2.23. The van der Waals surface area contributed by atoms with E-state index in [2.05, 4.69) is 54.9 Å². The zero-order valence-corrected chi connectivity index (χ0v) is 11.8. The zero-order chi connectivity index (χ0) is 13.1. The summed E-state index contributed by atoms with van der Waals surface area (Å²) in [7, 11) is 3.97. The molecule has 0 unspecified atom stereocenters. The monoisotopic (exact) mass is 236 g/mol. The van der Waals surface area contributed by atoms with Gasteiger partial charge in [0, 0.05) is 32.1 Å².